The molecule has 0 amide bonds. The van der Waals surface area contributed by atoms with Crippen molar-refractivity contribution in [2.45, 2.75) is 39.0 Å². The highest BCUT2D eigenvalue weighted by atomic mass is 14.9. The van der Waals surface area contributed by atoms with Crippen LogP contribution in [-0.4, -0.2) is 16.5 Å². The number of H-pyrrole nitrogens is 1. The zero-order valence-electron chi connectivity index (χ0n) is 12.3. The first kappa shape index (κ1) is 13.4. The molecule has 1 heterocycles. The molecule has 20 heavy (non-hydrogen) atoms. The number of aromatic nitrogens is 2. The molecular formula is C17H23N3. The number of rotatable bonds is 4. The summed E-state index contributed by atoms with van der Waals surface area (Å²) >= 11 is 0. The van der Waals surface area contributed by atoms with E-state index in [0.717, 1.165) is 11.5 Å². The van der Waals surface area contributed by atoms with Crippen LogP contribution in [0.2, 0.25) is 0 Å². The Morgan fingerprint density at radius 1 is 1.25 bits per heavy atom. The second kappa shape index (κ2) is 5.41. The molecule has 3 nitrogen and oxygen atoms in total. The van der Waals surface area contributed by atoms with Gasteiger partial charge in [0, 0.05) is 12.5 Å². The van der Waals surface area contributed by atoms with Crippen molar-refractivity contribution in [3.8, 4) is 11.3 Å². The molecule has 1 aromatic heterocycles. The summed E-state index contributed by atoms with van der Waals surface area (Å²) < 4.78 is 0. The van der Waals surface area contributed by atoms with E-state index < -0.39 is 0 Å². The van der Waals surface area contributed by atoms with Crippen molar-refractivity contribution in [3.05, 3.63) is 41.3 Å². The molecule has 1 unspecified atom stereocenters. The number of nitrogens with zero attached hydrogens (tertiary/aromatic N) is 1. The summed E-state index contributed by atoms with van der Waals surface area (Å²) in [5, 5.41) is 0. The van der Waals surface area contributed by atoms with Crippen LogP contribution in [0.1, 0.15) is 43.1 Å². The highest BCUT2D eigenvalue weighted by Gasteiger charge is 2.18. The van der Waals surface area contributed by atoms with Gasteiger partial charge in [-0.25, -0.2) is 4.98 Å². The summed E-state index contributed by atoms with van der Waals surface area (Å²) in [5.41, 5.74) is 11.2. The fourth-order valence-corrected chi connectivity index (χ4v) is 3.11. The number of fused-ring (bicyclic) bond motifs is 1. The molecule has 1 aromatic carbocycles. The molecule has 2 aromatic rings. The van der Waals surface area contributed by atoms with Gasteiger partial charge in [0.15, 0.2) is 0 Å². The zero-order valence-corrected chi connectivity index (χ0v) is 12.3. The SMILES string of the molecule is CC(C)C(CN)c1ncc(-c2ccc3c(c2)CCC3)[nH]1. The van der Waals surface area contributed by atoms with E-state index in [2.05, 4.69) is 42.0 Å². The van der Waals surface area contributed by atoms with Crippen molar-refractivity contribution in [3.63, 3.8) is 0 Å². The van der Waals surface area contributed by atoms with Gasteiger partial charge in [-0.2, -0.15) is 0 Å². The van der Waals surface area contributed by atoms with Crippen LogP contribution in [0.5, 0.6) is 0 Å². The van der Waals surface area contributed by atoms with E-state index in [4.69, 9.17) is 5.73 Å². The Morgan fingerprint density at radius 3 is 2.80 bits per heavy atom. The van der Waals surface area contributed by atoms with E-state index in [0.29, 0.717) is 18.4 Å². The van der Waals surface area contributed by atoms with Crippen LogP contribution >= 0.6 is 0 Å². The van der Waals surface area contributed by atoms with Crippen LogP contribution < -0.4 is 5.73 Å². The van der Waals surface area contributed by atoms with Gasteiger partial charge in [-0.15, -0.1) is 0 Å². The Morgan fingerprint density at radius 2 is 2.05 bits per heavy atom. The molecule has 106 valence electrons. The van der Waals surface area contributed by atoms with Crippen LogP contribution in [-0.2, 0) is 12.8 Å². The van der Waals surface area contributed by atoms with Gasteiger partial charge in [-0.05, 0) is 47.9 Å². The van der Waals surface area contributed by atoms with Crippen molar-refractivity contribution < 1.29 is 0 Å². The molecule has 0 bridgehead atoms. The van der Waals surface area contributed by atoms with Crippen LogP contribution in [0, 0.1) is 5.92 Å². The molecule has 0 spiro atoms. The molecule has 1 aliphatic carbocycles. The summed E-state index contributed by atoms with van der Waals surface area (Å²) in [4.78, 5) is 8.00. The van der Waals surface area contributed by atoms with E-state index in [1.165, 1.54) is 36.0 Å². The largest absolute Gasteiger partial charge is 0.342 e. The first-order valence-corrected chi connectivity index (χ1v) is 7.56. The maximum atomic E-state index is 5.87. The molecule has 3 heteroatoms. The van der Waals surface area contributed by atoms with Gasteiger partial charge in [0.2, 0.25) is 0 Å². The van der Waals surface area contributed by atoms with Crippen LogP contribution in [0.3, 0.4) is 0 Å². The van der Waals surface area contributed by atoms with E-state index in [1.807, 2.05) is 6.20 Å². The van der Waals surface area contributed by atoms with Crippen molar-refractivity contribution in [2.75, 3.05) is 6.54 Å². The minimum absolute atomic E-state index is 0.304. The maximum Gasteiger partial charge on any atom is 0.111 e. The summed E-state index contributed by atoms with van der Waals surface area (Å²) in [6.45, 7) is 5.01. The van der Waals surface area contributed by atoms with Crippen LogP contribution in [0.25, 0.3) is 11.3 Å². The Labute approximate surface area is 120 Å². The maximum absolute atomic E-state index is 5.87. The first-order chi connectivity index (χ1) is 9.69. The summed E-state index contributed by atoms with van der Waals surface area (Å²) in [6.07, 6.45) is 5.67. The number of nitrogens with one attached hydrogen (secondary N) is 1. The highest BCUT2D eigenvalue weighted by molar-refractivity contribution is 5.61. The number of imidazole rings is 1. The van der Waals surface area contributed by atoms with Gasteiger partial charge >= 0.3 is 0 Å². The average molecular weight is 269 g/mol. The minimum atomic E-state index is 0.304. The van der Waals surface area contributed by atoms with Gasteiger partial charge in [0.1, 0.15) is 5.82 Å². The smallest absolute Gasteiger partial charge is 0.111 e. The molecule has 0 saturated carbocycles. The number of benzene rings is 1. The lowest BCUT2D eigenvalue weighted by Crippen LogP contribution is -2.19. The van der Waals surface area contributed by atoms with Crippen LogP contribution in [0.15, 0.2) is 24.4 Å². The summed E-state index contributed by atoms with van der Waals surface area (Å²) in [7, 11) is 0. The molecular weight excluding hydrogens is 246 g/mol. The predicted octanol–water partition coefficient (Wildman–Crippen LogP) is 3.26. The molecule has 3 rings (SSSR count). The Kier molecular flexibility index (Phi) is 3.62. The fraction of sp³-hybridized carbons (Fsp3) is 0.471. The Bertz CT molecular complexity index is 598. The predicted molar refractivity (Wildman–Crippen MR) is 82.7 cm³/mol. The lowest BCUT2D eigenvalue weighted by Gasteiger charge is -2.15. The topological polar surface area (TPSA) is 54.7 Å². The molecule has 0 fully saturated rings. The lowest BCUT2D eigenvalue weighted by atomic mass is 9.95. The second-order valence-electron chi connectivity index (χ2n) is 6.11. The van der Waals surface area contributed by atoms with Gasteiger partial charge in [0.25, 0.3) is 0 Å². The van der Waals surface area contributed by atoms with Gasteiger partial charge < -0.3 is 10.7 Å². The van der Waals surface area contributed by atoms with Gasteiger partial charge in [-0.3, -0.25) is 0 Å². The van der Waals surface area contributed by atoms with E-state index in [9.17, 15) is 0 Å². The van der Waals surface area contributed by atoms with Gasteiger partial charge in [-0.1, -0.05) is 26.0 Å². The van der Waals surface area contributed by atoms with Gasteiger partial charge in [0.05, 0.1) is 11.9 Å². The van der Waals surface area contributed by atoms with Crippen molar-refractivity contribution >= 4 is 0 Å². The molecule has 1 atom stereocenters. The number of aryl methyl sites for hydroxylation is 2. The Hall–Kier alpha value is -1.61. The molecule has 0 radical (unpaired) electrons. The third kappa shape index (κ3) is 2.38. The first-order valence-electron chi connectivity index (χ1n) is 7.56. The highest BCUT2D eigenvalue weighted by Crippen LogP contribution is 2.28. The van der Waals surface area contributed by atoms with Crippen molar-refractivity contribution in [1.29, 1.82) is 0 Å². The molecule has 0 aliphatic heterocycles. The zero-order chi connectivity index (χ0) is 14.1. The number of hydrogen-bond acceptors (Lipinski definition) is 2. The fourth-order valence-electron chi connectivity index (χ4n) is 3.11. The van der Waals surface area contributed by atoms with Crippen molar-refractivity contribution in [2.24, 2.45) is 11.7 Å². The normalized spacial score (nSPS) is 15.6. The number of nitrogens with two attached hydrogens (primary N) is 1. The summed E-state index contributed by atoms with van der Waals surface area (Å²) in [5.74, 6) is 1.81. The van der Waals surface area contributed by atoms with E-state index in [-0.39, 0.29) is 0 Å². The molecule has 0 saturated heterocycles. The number of hydrogen-bond donors (Lipinski definition) is 2. The Balaban J connectivity index is 1.90. The minimum Gasteiger partial charge on any atom is -0.342 e. The van der Waals surface area contributed by atoms with Crippen LogP contribution in [0.4, 0.5) is 0 Å². The quantitative estimate of drug-likeness (QED) is 0.895. The second-order valence-corrected chi connectivity index (χ2v) is 6.11. The number of aromatic amines is 1. The van der Waals surface area contributed by atoms with Crippen molar-refractivity contribution in [1.82, 2.24) is 9.97 Å². The third-order valence-electron chi connectivity index (χ3n) is 4.41. The van der Waals surface area contributed by atoms with E-state index >= 15 is 0 Å². The average Bonchev–Trinajstić information content (AvgIpc) is 3.06. The van der Waals surface area contributed by atoms with E-state index in [1.54, 1.807) is 0 Å². The molecule has 3 N–H and O–H groups in total. The lowest BCUT2D eigenvalue weighted by molar-refractivity contribution is 0.487. The summed E-state index contributed by atoms with van der Waals surface area (Å²) in [6, 6.07) is 6.78. The monoisotopic (exact) mass is 269 g/mol. The standard InChI is InChI=1S/C17H23N3/c1-11(2)15(9-18)17-19-10-16(20-17)14-7-6-12-4-3-5-13(12)8-14/h6-8,10-11,15H,3-5,9,18H2,1-2H3,(H,19,20). The molecule has 1 aliphatic rings. The third-order valence-corrected chi connectivity index (χ3v) is 4.41.